The molecule has 0 amide bonds. The van der Waals surface area contributed by atoms with E-state index in [1.807, 2.05) is 0 Å². The summed E-state index contributed by atoms with van der Waals surface area (Å²) in [5, 5.41) is 3.19. The van der Waals surface area contributed by atoms with Crippen LogP contribution < -0.4 is 21.3 Å². The van der Waals surface area contributed by atoms with Gasteiger partial charge >= 0.3 is 0 Å². The van der Waals surface area contributed by atoms with Crippen molar-refractivity contribution >= 4 is 5.82 Å². The minimum atomic E-state index is -0.263. The molecule has 6 heteroatoms. The molecule has 1 aliphatic rings. The highest BCUT2D eigenvalue weighted by Gasteiger charge is 2.19. The molecule has 18 heavy (non-hydrogen) atoms. The van der Waals surface area contributed by atoms with Crippen LogP contribution in [-0.2, 0) is 0 Å². The summed E-state index contributed by atoms with van der Waals surface area (Å²) in [6.45, 7) is 0.805. The Morgan fingerprint density at radius 2 is 2.22 bits per heavy atom. The molecule has 6 nitrogen and oxygen atoms in total. The van der Waals surface area contributed by atoms with Gasteiger partial charge in [-0.3, -0.25) is 4.79 Å². The fourth-order valence-corrected chi connectivity index (χ4v) is 2.34. The molecule has 1 aromatic rings. The van der Waals surface area contributed by atoms with Crippen molar-refractivity contribution in [2.45, 2.75) is 31.7 Å². The van der Waals surface area contributed by atoms with E-state index in [0.717, 1.165) is 32.2 Å². The van der Waals surface area contributed by atoms with Crippen molar-refractivity contribution in [3.05, 3.63) is 16.7 Å². The first-order chi connectivity index (χ1) is 8.70. The SMILES string of the molecule is COc1c(NCC2CCC(N)CC2)nc[nH]c1=O. The molecule has 0 aliphatic heterocycles. The van der Waals surface area contributed by atoms with Gasteiger partial charge in [0.25, 0.3) is 5.56 Å². The van der Waals surface area contributed by atoms with Gasteiger partial charge in [-0.15, -0.1) is 0 Å². The monoisotopic (exact) mass is 252 g/mol. The number of ether oxygens (including phenoxy) is 1. The molecule has 2 rings (SSSR count). The average Bonchev–Trinajstić information content (AvgIpc) is 2.38. The molecular weight excluding hydrogens is 232 g/mol. The van der Waals surface area contributed by atoms with E-state index in [-0.39, 0.29) is 11.3 Å². The number of nitrogens with one attached hydrogen (secondary N) is 2. The first-order valence-corrected chi connectivity index (χ1v) is 6.32. The highest BCUT2D eigenvalue weighted by Crippen LogP contribution is 2.24. The van der Waals surface area contributed by atoms with Crippen LogP contribution >= 0.6 is 0 Å². The van der Waals surface area contributed by atoms with E-state index in [9.17, 15) is 4.79 Å². The van der Waals surface area contributed by atoms with Gasteiger partial charge in [0.05, 0.1) is 13.4 Å². The third kappa shape index (κ3) is 3.01. The summed E-state index contributed by atoms with van der Waals surface area (Å²) in [7, 11) is 1.47. The second-order valence-corrected chi connectivity index (χ2v) is 4.78. The number of nitrogens with zero attached hydrogens (tertiary/aromatic N) is 1. The summed E-state index contributed by atoms with van der Waals surface area (Å²) in [6, 6.07) is 0.355. The lowest BCUT2D eigenvalue weighted by atomic mass is 9.86. The minimum absolute atomic E-state index is 0.241. The van der Waals surface area contributed by atoms with Crippen molar-refractivity contribution in [2.75, 3.05) is 19.0 Å². The van der Waals surface area contributed by atoms with Crippen LogP contribution in [0.3, 0.4) is 0 Å². The highest BCUT2D eigenvalue weighted by atomic mass is 16.5. The Hall–Kier alpha value is -1.56. The molecule has 0 spiro atoms. The zero-order chi connectivity index (χ0) is 13.0. The van der Waals surface area contributed by atoms with Gasteiger partial charge in [-0.25, -0.2) is 4.98 Å². The molecule has 100 valence electrons. The van der Waals surface area contributed by atoms with Crippen LogP contribution in [0.1, 0.15) is 25.7 Å². The van der Waals surface area contributed by atoms with Gasteiger partial charge in [0.2, 0.25) is 5.75 Å². The third-order valence-electron chi connectivity index (χ3n) is 3.46. The molecule has 0 aromatic carbocycles. The fourth-order valence-electron chi connectivity index (χ4n) is 2.34. The number of hydrogen-bond donors (Lipinski definition) is 3. The van der Waals surface area contributed by atoms with E-state index in [1.54, 1.807) is 0 Å². The van der Waals surface area contributed by atoms with Gasteiger partial charge in [-0.1, -0.05) is 0 Å². The molecule has 1 fully saturated rings. The van der Waals surface area contributed by atoms with Gasteiger partial charge in [0.1, 0.15) is 0 Å². The number of anilines is 1. The van der Waals surface area contributed by atoms with Crippen LogP contribution in [0.15, 0.2) is 11.1 Å². The second-order valence-electron chi connectivity index (χ2n) is 4.78. The number of aromatic amines is 1. The zero-order valence-electron chi connectivity index (χ0n) is 10.6. The van der Waals surface area contributed by atoms with Crippen LogP contribution in [0.4, 0.5) is 5.82 Å². The van der Waals surface area contributed by atoms with Crippen molar-refractivity contribution in [3.8, 4) is 5.75 Å². The summed E-state index contributed by atoms with van der Waals surface area (Å²) in [5.74, 6) is 1.34. The highest BCUT2D eigenvalue weighted by molar-refractivity contribution is 5.47. The number of nitrogens with two attached hydrogens (primary N) is 1. The number of methoxy groups -OCH3 is 1. The van der Waals surface area contributed by atoms with E-state index in [4.69, 9.17) is 10.5 Å². The summed E-state index contributed by atoms with van der Waals surface area (Å²) in [5.41, 5.74) is 5.61. The maximum atomic E-state index is 11.5. The largest absolute Gasteiger partial charge is 0.489 e. The van der Waals surface area contributed by atoms with E-state index in [0.29, 0.717) is 17.8 Å². The van der Waals surface area contributed by atoms with E-state index < -0.39 is 0 Å². The summed E-state index contributed by atoms with van der Waals surface area (Å²) in [4.78, 5) is 18.1. The van der Waals surface area contributed by atoms with Gasteiger partial charge in [0.15, 0.2) is 5.82 Å². The number of aromatic nitrogens is 2. The summed E-state index contributed by atoms with van der Waals surface area (Å²) >= 11 is 0. The quantitative estimate of drug-likeness (QED) is 0.733. The van der Waals surface area contributed by atoms with Gasteiger partial charge < -0.3 is 20.8 Å². The molecule has 0 bridgehead atoms. The topological polar surface area (TPSA) is 93.0 Å². The minimum Gasteiger partial charge on any atom is -0.489 e. The lowest BCUT2D eigenvalue weighted by molar-refractivity contribution is 0.338. The van der Waals surface area contributed by atoms with Crippen LogP contribution in [-0.4, -0.2) is 29.7 Å². The number of H-pyrrole nitrogens is 1. The Morgan fingerprint density at radius 3 is 2.89 bits per heavy atom. The number of hydrogen-bond acceptors (Lipinski definition) is 5. The normalized spacial score (nSPS) is 23.7. The van der Waals surface area contributed by atoms with Crippen molar-refractivity contribution in [3.63, 3.8) is 0 Å². The molecule has 4 N–H and O–H groups in total. The Morgan fingerprint density at radius 1 is 1.50 bits per heavy atom. The molecule has 0 atom stereocenters. The predicted molar refractivity (Wildman–Crippen MR) is 69.8 cm³/mol. The molecular formula is C12H20N4O2. The molecule has 1 heterocycles. The lowest BCUT2D eigenvalue weighted by Gasteiger charge is -2.26. The Balaban J connectivity index is 1.94. The van der Waals surface area contributed by atoms with Gasteiger partial charge in [0, 0.05) is 12.6 Å². The average molecular weight is 252 g/mol. The third-order valence-corrected chi connectivity index (χ3v) is 3.46. The maximum absolute atomic E-state index is 11.5. The summed E-state index contributed by atoms with van der Waals surface area (Å²) < 4.78 is 5.04. The van der Waals surface area contributed by atoms with Crippen molar-refractivity contribution in [1.29, 1.82) is 0 Å². The Labute approximate surface area is 106 Å². The smallest absolute Gasteiger partial charge is 0.295 e. The zero-order valence-corrected chi connectivity index (χ0v) is 10.6. The number of rotatable bonds is 4. The molecule has 0 unspecified atom stereocenters. The van der Waals surface area contributed by atoms with Crippen LogP contribution in [0, 0.1) is 5.92 Å². The summed E-state index contributed by atoms with van der Waals surface area (Å²) in [6.07, 6.45) is 5.78. The molecule has 0 saturated heterocycles. The standard InChI is InChI=1S/C12H20N4O2/c1-18-10-11(15-7-16-12(10)17)14-6-8-2-4-9(13)5-3-8/h7-9H,2-6,13H2,1H3,(H2,14,15,16,17). The predicted octanol–water partition coefficient (Wildman–Crippen LogP) is 0.708. The van der Waals surface area contributed by atoms with Crippen LogP contribution in [0.2, 0.25) is 0 Å². The first kappa shape index (κ1) is 12.9. The van der Waals surface area contributed by atoms with Gasteiger partial charge in [-0.05, 0) is 31.6 Å². The van der Waals surface area contributed by atoms with E-state index in [1.165, 1.54) is 13.4 Å². The fraction of sp³-hybridized carbons (Fsp3) is 0.667. The first-order valence-electron chi connectivity index (χ1n) is 6.32. The van der Waals surface area contributed by atoms with Crippen LogP contribution in [0.25, 0.3) is 0 Å². The van der Waals surface area contributed by atoms with Crippen molar-refractivity contribution in [2.24, 2.45) is 11.7 Å². The molecule has 1 aliphatic carbocycles. The second kappa shape index (κ2) is 5.86. The maximum Gasteiger partial charge on any atom is 0.295 e. The molecule has 1 aromatic heterocycles. The van der Waals surface area contributed by atoms with Crippen LogP contribution in [0.5, 0.6) is 5.75 Å². The Kier molecular flexibility index (Phi) is 4.19. The van der Waals surface area contributed by atoms with E-state index in [2.05, 4.69) is 15.3 Å². The molecule has 0 radical (unpaired) electrons. The molecule has 1 saturated carbocycles. The van der Waals surface area contributed by atoms with Crippen molar-refractivity contribution in [1.82, 2.24) is 9.97 Å². The van der Waals surface area contributed by atoms with E-state index >= 15 is 0 Å². The van der Waals surface area contributed by atoms with Crippen molar-refractivity contribution < 1.29 is 4.74 Å². The Bertz CT molecular complexity index is 438. The lowest BCUT2D eigenvalue weighted by Crippen LogP contribution is -2.29. The van der Waals surface area contributed by atoms with Gasteiger partial charge in [-0.2, -0.15) is 0 Å².